The van der Waals surface area contributed by atoms with Crippen LogP contribution < -0.4 is 5.73 Å². The van der Waals surface area contributed by atoms with Gasteiger partial charge in [0.15, 0.2) is 0 Å². The Bertz CT molecular complexity index is 424. The van der Waals surface area contributed by atoms with Gasteiger partial charge in [-0.3, -0.25) is 4.79 Å². The van der Waals surface area contributed by atoms with Crippen molar-refractivity contribution in [2.24, 2.45) is 5.73 Å². The number of hydrogen-bond acceptors (Lipinski definition) is 2. The number of amides is 1. The van der Waals surface area contributed by atoms with Gasteiger partial charge in [0.05, 0.1) is 4.47 Å². The molecule has 2 rings (SSSR count). The highest BCUT2D eigenvalue weighted by Gasteiger charge is 2.26. The minimum Gasteiger partial charge on any atom is -0.337 e. The van der Waals surface area contributed by atoms with Gasteiger partial charge in [-0.25, -0.2) is 4.39 Å². The van der Waals surface area contributed by atoms with Crippen molar-refractivity contribution in [3.8, 4) is 0 Å². The van der Waals surface area contributed by atoms with E-state index in [0.717, 1.165) is 5.56 Å². The maximum Gasteiger partial charge on any atom is 0.224 e. The predicted octanol–water partition coefficient (Wildman–Crippen LogP) is 1.65. The SMILES string of the molecule is NC1CC(=O)N(Cc2ccc(F)c(Br)c2)C1. The molecule has 2 N–H and O–H groups in total. The summed E-state index contributed by atoms with van der Waals surface area (Å²) in [6.45, 7) is 1.07. The molecule has 1 aliphatic rings. The van der Waals surface area contributed by atoms with Gasteiger partial charge in [0, 0.05) is 25.6 Å². The molecule has 1 atom stereocenters. The molecule has 5 heteroatoms. The Hall–Kier alpha value is -0.940. The van der Waals surface area contributed by atoms with E-state index in [4.69, 9.17) is 5.73 Å². The summed E-state index contributed by atoms with van der Waals surface area (Å²) in [4.78, 5) is 13.2. The van der Waals surface area contributed by atoms with Crippen LogP contribution >= 0.6 is 15.9 Å². The van der Waals surface area contributed by atoms with Crippen molar-refractivity contribution in [1.29, 1.82) is 0 Å². The summed E-state index contributed by atoms with van der Waals surface area (Å²) in [5, 5.41) is 0. The van der Waals surface area contributed by atoms with E-state index in [1.807, 2.05) is 0 Å². The molecular weight excluding hydrogens is 275 g/mol. The minimum atomic E-state index is -0.298. The molecule has 1 heterocycles. The van der Waals surface area contributed by atoms with Crippen LogP contribution in [0.4, 0.5) is 4.39 Å². The van der Waals surface area contributed by atoms with Gasteiger partial charge in [0.25, 0.3) is 0 Å². The van der Waals surface area contributed by atoms with Gasteiger partial charge in [-0.2, -0.15) is 0 Å². The second kappa shape index (κ2) is 4.51. The molecule has 0 spiro atoms. The van der Waals surface area contributed by atoms with Crippen LogP contribution in [-0.4, -0.2) is 23.4 Å². The topological polar surface area (TPSA) is 46.3 Å². The molecular formula is C11H12BrFN2O. The van der Waals surface area contributed by atoms with E-state index in [0.29, 0.717) is 24.0 Å². The Balaban J connectivity index is 2.09. The van der Waals surface area contributed by atoms with Gasteiger partial charge in [-0.05, 0) is 33.6 Å². The maximum absolute atomic E-state index is 13.0. The number of carbonyl (C=O) groups excluding carboxylic acids is 1. The molecule has 3 nitrogen and oxygen atoms in total. The Morgan fingerprint density at radius 3 is 2.88 bits per heavy atom. The minimum absolute atomic E-state index is 0.0629. The lowest BCUT2D eigenvalue weighted by Gasteiger charge is -2.16. The van der Waals surface area contributed by atoms with Crippen LogP contribution in [0.3, 0.4) is 0 Å². The number of likely N-dealkylation sites (tertiary alicyclic amines) is 1. The quantitative estimate of drug-likeness (QED) is 0.899. The average Bonchev–Trinajstić information content (AvgIpc) is 2.51. The Morgan fingerprint density at radius 1 is 1.56 bits per heavy atom. The molecule has 0 aliphatic carbocycles. The summed E-state index contributed by atoms with van der Waals surface area (Å²) in [5.74, 6) is -0.235. The fourth-order valence-corrected chi connectivity index (χ4v) is 2.24. The highest BCUT2D eigenvalue weighted by molar-refractivity contribution is 9.10. The maximum atomic E-state index is 13.0. The molecule has 0 saturated carbocycles. The van der Waals surface area contributed by atoms with Crippen molar-refractivity contribution < 1.29 is 9.18 Å². The number of benzene rings is 1. The molecule has 0 aromatic heterocycles. The number of carbonyl (C=O) groups is 1. The Labute approximate surface area is 102 Å². The first kappa shape index (κ1) is 11.5. The molecule has 1 aromatic carbocycles. The summed E-state index contributed by atoms with van der Waals surface area (Å²) < 4.78 is 13.4. The van der Waals surface area contributed by atoms with E-state index in [2.05, 4.69) is 15.9 Å². The summed E-state index contributed by atoms with van der Waals surface area (Å²) in [6, 6.07) is 4.68. The predicted molar refractivity (Wildman–Crippen MR) is 62.1 cm³/mol. The first-order chi connectivity index (χ1) is 7.56. The second-order valence-electron chi connectivity index (χ2n) is 3.99. The summed E-state index contributed by atoms with van der Waals surface area (Å²) in [5.41, 5.74) is 6.59. The zero-order valence-electron chi connectivity index (χ0n) is 8.62. The molecule has 1 aliphatic heterocycles. The molecule has 1 unspecified atom stereocenters. The third-order valence-corrected chi connectivity index (χ3v) is 3.21. The molecule has 0 bridgehead atoms. The van der Waals surface area contributed by atoms with Crippen LogP contribution in [0.2, 0.25) is 0 Å². The zero-order valence-corrected chi connectivity index (χ0v) is 10.2. The van der Waals surface area contributed by atoms with Crippen molar-refractivity contribution >= 4 is 21.8 Å². The number of halogens is 2. The van der Waals surface area contributed by atoms with E-state index in [1.165, 1.54) is 6.07 Å². The number of hydrogen-bond donors (Lipinski definition) is 1. The molecule has 1 saturated heterocycles. The zero-order chi connectivity index (χ0) is 11.7. The Kier molecular flexibility index (Phi) is 3.25. The molecule has 0 radical (unpaired) electrons. The van der Waals surface area contributed by atoms with Crippen LogP contribution in [0.15, 0.2) is 22.7 Å². The summed E-state index contributed by atoms with van der Waals surface area (Å²) >= 11 is 3.12. The van der Waals surface area contributed by atoms with E-state index >= 15 is 0 Å². The third-order valence-electron chi connectivity index (χ3n) is 2.60. The van der Waals surface area contributed by atoms with E-state index in [9.17, 15) is 9.18 Å². The summed E-state index contributed by atoms with van der Waals surface area (Å²) in [6.07, 6.45) is 0.405. The van der Waals surface area contributed by atoms with Crippen molar-refractivity contribution in [1.82, 2.24) is 4.90 Å². The number of nitrogens with zero attached hydrogens (tertiary/aromatic N) is 1. The average molecular weight is 287 g/mol. The number of nitrogens with two attached hydrogens (primary N) is 1. The summed E-state index contributed by atoms with van der Waals surface area (Å²) in [7, 11) is 0. The molecule has 1 fully saturated rings. The van der Waals surface area contributed by atoms with Crippen molar-refractivity contribution in [3.63, 3.8) is 0 Å². The van der Waals surface area contributed by atoms with Crippen LogP contribution in [-0.2, 0) is 11.3 Å². The number of rotatable bonds is 2. The first-order valence-corrected chi connectivity index (χ1v) is 5.83. The van der Waals surface area contributed by atoms with Crippen molar-refractivity contribution in [3.05, 3.63) is 34.1 Å². The van der Waals surface area contributed by atoms with E-state index < -0.39 is 0 Å². The van der Waals surface area contributed by atoms with Gasteiger partial charge < -0.3 is 10.6 Å². The molecule has 1 amide bonds. The fourth-order valence-electron chi connectivity index (χ4n) is 1.81. The molecule has 16 heavy (non-hydrogen) atoms. The van der Waals surface area contributed by atoms with Crippen molar-refractivity contribution in [2.75, 3.05) is 6.54 Å². The molecule has 1 aromatic rings. The monoisotopic (exact) mass is 286 g/mol. The highest BCUT2D eigenvalue weighted by atomic mass is 79.9. The van der Waals surface area contributed by atoms with Gasteiger partial charge in [0.1, 0.15) is 5.82 Å². The normalized spacial score (nSPS) is 20.6. The standard InChI is InChI=1S/C11H12BrFN2O/c12-9-3-7(1-2-10(9)13)5-15-6-8(14)4-11(15)16/h1-3,8H,4-6,14H2. The highest BCUT2D eigenvalue weighted by Crippen LogP contribution is 2.19. The van der Waals surface area contributed by atoms with Crippen molar-refractivity contribution in [2.45, 2.75) is 19.0 Å². The van der Waals surface area contributed by atoms with Gasteiger partial charge in [0.2, 0.25) is 5.91 Å². The second-order valence-corrected chi connectivity index (χ2v) is 4.84. The van der Waals surface area contributed by atoms with Gasteiger partial charge >= 0.3 is 0 Å². The molecule has 86 valence electrons. The first-order valence-electron chi connectivity index (χ1n) is 5.03. The lowest BCUT2D eigenvalue weighted by atomic mass is 10.2. The van der Waals surface area contributed by atoms with Crippen LogP contribution in [0.1, 0.15) is 12.0 Å². The lowest BCUT2D eigenvalue weighted by Crippen LogP contribution is -2.27. The van der Waals surface area contributed by atoms with Crippen LogP contribution in [0.25, 0.3) is 0 Å². The van der Waals surface area contributed by atoms with Crippen LogP contribution in [0, 0.1) is 5.82 Å². The lowest BCUT2D eigenvalue weighted by molar-refractivity contribution is -0.128. The van der Waals surface area contributed by atoms with E-state index in [1.54, 1.807) is 17.0 Å². The Morgan fingerprint density at radius 2 is 2.31 bits per heavy atom. The van der Waals surface area contributed by atoms with Gasteiger partial charge in [-0.15, -0.1) is 0 Å². The van der Waals surface area contributed by atoms with Gasteiger partial charge in [-0.1, -0.05) is 6.07 Å². The van der Waals surface area contributed by atoms with E-state index in [-0.39, 0.29) is 17.8 Å². The third kappa shape index (κ3) is 2.41. The largest absolute Gasteiger partial charge is 0.337 e. The fraction of sp³-hybridized carbons (Fsp3) is 0.364. The van der Waals surface area contributed by atoms with Crippen LogP contribution in [0.5, 0.6) is 0 Å². The smallest absolute Gasteiger partial charge is 0.224 e.